The van der Waals surface area contributed by atoms with Crippen LogP contribution in [0.4, 0.5) is 0 Å². The van der Waals surface area contributed by atoms with Gasteiger partial charge in [-0.2, -0.15) is 5.10 Å². The number of fused-ring (bicyclic) bond motifs is 2. The first-order valence-corrected chi connectivity index (χ1v) is 17.1. The summed E-state index contributed by atoms with van der Waals surface area (Å²) in [6, 6.07) is 12.8. The SMILES string of the molecule is COc1ccc2cc1O[C@@H](C(=O)NC1CCCC1)[C@H](C)NC(=O)CN(C(=O)c1cccc(Cn3nc(C)cc3C)c1)C[C@H](C(C)C)NC2=O. The van der Waals surface area contributed by atoms with E-state index in [1.807, 2.05) is 56.6 Å². The summed E-state index contributed by atoms with van der Waals surface area (Å²) in [4.78, 5) is 56.6. The molecule has 0 unspecified atom stereocenters. The van der Waals surface area contributed by atoms with E-state index in [1.54, 1.807) is 31.2 Å². The highest BCUT2D eigenvalue weighted by Gasteiger charge is 2.34. The Morgan fingerprint density at radius 3 is 2.49 bits per heavy atom. The molecule has 0 saturated heterocycles. The number of benzene rings is 2. The van der Waals surface area contributed by atoms with Gasteiger partial charge < -0.3 is 30.3 Å². The number of carbonyl (C=O) groups excluding carboxylic acids is 4. The first-order chi connectivity index (χ1) is 23.4. The number of nitrogens with zero attached hydrogens (tertiary/aromatic N) is 3. The number of carbonyl (C=O) groups is 4. The summed E-state index contributed by atoms with van der Waals surface area (Å²) in [5.74, 6) is -1.11. The van der Waals surface area contributed by atoms with E-state index < -0.39 is 24.1 Å². The van der Waals surface area contributed by atoms with Gasteiger partial charge in [-0.1, -0.05) is 38.8 Å². The maximum absolute atomic E-state index is 14.2. The Morgan fingerprint density at radius 2 is 1.82 bits per heavy atom. The van der Waals surface area contributed by atoms with Crippen LogP contribution in [0, 0.1) is 19.8 Å². The molecule has 3 aromatic rings. The van der Waals surface area contributed by atoms with Gasteiger partial charge >= 0.3 is 0 Å². The van der Waals surface area contributed by atoms with Crippen molar-refractivity contribution >= 4 is 23.6 Å². The average Bonchev–Trinajstić information content (AvgIpc) is 3.69. The second-order valence-electron chi connectivity index (χ2n) is 13.5. The van der Waals surface area contributed by atoms with Crippen molar-refractivity contribution in [3.8, 4) is 11.5 Å². The number of hydrogen-bond acceptors (Lipinski definition) is 7. The zero-order valence-corrected chi connectivity index (χ0v) is 29.2. The molecule has 1 aromatic heterocycles. The second kappa shape index (κ2) is 15.6. The minimum atomic E-state index is -1.14. The Bertz CT molecular complexity index is 1680. The van der Waals surface area contributed by atoms with Crippen LogP contribution in [0.5, 0.6) is 11.5 Å². The van der Waals surface area contributed by atoms with Gasteiger partial charge in [0, 0.05) is 35.4 Å². The molecule has 4 amide bonds. The van der Waals surface area contributed by atoms with Gasteiger partial charge in [0.05, 0.1) is 31.9 Å². The quantitative estimate of drug-likeness (QED) is 0.347. The molecule has 2 aliphatic rings. The van der Waals surface area contributed by atoms with Gasteiger partial charge in [-0.3, -0.25) is 23.9 Å². The lowest BCUT2D eigenvalue weighted by Gasteiger charge is -2.32. The summed E-state index contributed by atoms with van der Waals surface area (Å²) in [7, 11) is 1.48. The summed E-state index contributed by atoms with van der Waals surface area (Å²) in [5.41, 5.74) is 3.52. The maximum atomic E-state index is 14.2. The van der Waals surface area contributed by atoms with E-state index in [4.69, 9.17) is 9.47 Å². The molecule has 5 rings (SSSR count). The van der Waals surface area contributed by atoms with E-state index in [-0.39, 0.29) is 48.5 Å². The molecular weight excluding hydrogens is 624 g/mol. The molecular formula is C37H48N6O6. The Balaban J connectivity index is 1.47. The highest BCUT2D eigenvalue weighted by Crippen LogP contribution is 2.30. The Hall–Kier alpha value is -4.87. The molecule has 2 bridgehead atoms. The second-order valence-corrected chi connectivity index (χ2v) is 13.5. The molecule has 2 heterocycles. The van der Waals surface area contributed by atoms with Crippen molar-refractivity contribution in [2.24, 2.45) is 5.92 Å². The fourth-order valence-electron chi connectivity index (χ4n) is 6.46. The fourth-order valence-corrected chi connectivity index (χ4v) is 6.46. The number of hydrogen-bond donors (Lipinski definition) is 3. The van der Waals surface area contributed by atoms with Gasteiger partial charge in [0.1, 0.15) is 0 Å². The van der Waals surface area contributed by atoms with Crippen LogP contribution < -0.4 is 25.4 Å². The molecule has 0 spiro atoms. The highest BCUT2D eigenvalue weighted by molar-refractivity contribution is 5.97. The summed E-state index contributed by atoms with van der Waals surface area (Å²) >= 11 is 0. The van der Waals surface area contributed by atoms with Crippen molar-refractivity contribution < 1.29 is 28.7 Å². The number of ether oxygens (including phenoxy) is 2. The molecule has 12 heteroatoms. The maximum Gasteiger partial charge on any atom is 0.263 e. The lowest BCUT2D eigenvalue weighted by molar-refractivity contribution is -0.131. The molecule has 49 heavy (non-hydrogen) atoms. The lowest BCUT2D eigenvalue weighted by atomic mass is 10.0. The average molecular weight is 673 g/mol. The number of aryl methyl sites for hydroxylation is 2. The van der Waals surface area contributed by atoms with E-state index in [0.29, 0.717) is 23.4 Å². The standard InChI is InChI=1S/C37H48N6O6/c1-22(2)30-20-42(37(47)28-11-9-10-26(17-28)19-43-24(4)16-23(3)41-43)21-33(44)38-25(5)34(36(46)39-29-12-7-8-13-29)49-32-18-27(35(45)40-30)14-15-31(32)48-6/h9-11,14-18,22,25,29-30,34H,7-8,12-13,19-21H2,1-6H3,(H,38,44)(H,39,46)(H,40,45)/t25-,30+,34+/m0/s1. The van der Waals surface area contributed by atoms with E-state index in [9.17, 15) is 19.2 Å². The predicted octanol–water partition coefficient (Wildman–Crippen LogP) is 3.78. The van der Waals surface area contributed by atoms with Gasteiger partial charge in [0.25, 0.3) is 17.7 Å². The third-order valence-corrected chi connectivity index (χ3v) is 9.25. The van der Waals surface area contributed by atoms with Crippen LogP contribution in [0.1, 0.15) is 84.1 Å². The van der Waals surface area contributed by atoms with Crippen molar-refractivity contribution in [1.82, 2.24) is 30.6 Å². The number of aromatic nitrogens is 2. The molecule has 2 aromatic carbocycles. The van der Waals surface area contributed by atoms with Crippen molar-refractivity contribution in [2.75, 3.05) is 20.2 Å². The summed E-state index contributed by atoms with van der Waals surface area (Å²) in [5, 5.41) is 13.6. The largest absolute Gasteiger partial charge is 0.493 e. The normalized spacial score (nSPS) is 20.6. The number of nitrogens with one attached hydrogen (secondary N) is 3. The Labute approximate surface area is 287 Å². The lowest BCUT2D eigenvalue weighted by Crippen LogP contribution is -2.56. The molecule has 12 nitrogen and oxygen atoms in total. The molecule has 1 aliphatic carbocycles. The molecule has 262 valence electrons. The van der Waals surface area contributed by atoms with Gasteiger partial charge in [-0.25, -0.2) is 0 Å². The topological polar surface area (TPSA) is 144 Å². The molecule has 0 radical (unpaired) electrons. The number of amides is 4. The van der Waals surface area contributed by atoms with Crippen molar-refractivity contribution in [3.05, 3.63) is 76.6 Å². The van der Waals surface area contributed by atoms with Crippen LogP contribution in [-0.2, 0) is 16.1 Å². The summed E-state index contributed by atoms with van der Waals surface area (Å²) in [6.45, 7) is 9.77. The zero-order chi connectivity index (χ0) is 35.2. The molecule has 1 fully saturated rings. The van der Waals surface area contributed by atoms with Gasteiger partial charge in [0.2, 0.25) is 5.91 Å². The minimum Gasteiger partial charge on any atom is -0.493 e. The molecule has 1 saturated carbocycles. The van der Waals surface area contributed by atoms with E-state index in [1.165, 1.54) is 12.0 Å². The van der Waals surface area contributed by atoms with Crippen molar-refractivity contribution in [1.29, 1.82) is 0 Å². The predicted molar refractivity (Wildman–Crippen MR) is 185 cm³/mol. The van der Waals surface area contributed by atoms with Crippen LogP contribution >= 0.6 is 0 Å². The van der Waals surface area contributed by atoms with Crippen LogP contribution in [0.2, 0.25) is 0 Å². The zero-order valence-electron chi connectivity index (χ0n) is 29.2. The van der Waals surface area contributed by atoms with E-state index in [2.05, 4.69) is 21.0 Å². The van der Waals surface area contributed by atoms with Gasteiger partial charge in [-0.15, -0.1) is 0 Å². The smallest absolute Gasteiger partial charge is 0.263 e. The monoisotopic (exact) mass is 672 g/mol. The van der Waals surface area contributed by atoms with Crippen molar-refractivity contribution in [3.63, 3.8) is 0 Å². The van der Waals surface area contributed by atoms with Crippen molar-refractivity contribution in [2.45, 2.75) is 91.1 Å². The van der Waals surface area contributed by atoms with Crippen LogP contribution in [-0.4, -0.2) is 82.7 Å². The first-order valence-electron chi connectivity index (χ1n) is 17.1. The highest BCUT2D eigenvalue weighted by atomic mass is 16.5. The minimum absolute atomic E-state index is 0.0178. The Morgan fingerprint density at radius 1 is 1.06 bits per heavy atom. The van der Waals surface area contributed by atoms with Crippen LogP contribution in [0.15, 0.2) is 48.5 Å². The fraction of sp³-hybridized carbons (Fsp3) is 0.486. The third kappa shape index (κ3) is 8.79. The third-order valence-electron chi connectivity index (χ3n) is 9.25. The molecule has 1 aliphatic heterocycles. The number of rotatable bonds is 7. The van der Waals surface area contributed by atoms with Crippen LogP contribution in [0.3, 0.4) is 0 Å². The molecule has 3 N–H and O–H groups in total. The van der Waals surface area contributed by atoms with Gasteiger partial charge in [0.15, 0.2) is 17.6 Å². The summed E-state index contributed by atoms with van der Waals surface area (Å²) < 4.78 is 13.7. The van der Waals surface area contributed by atoms with Gasteiger partial charge in [-0.05, 0) is 81.5 Å². The van der Waals surface area contributed by atoms with Crippen LogP contribution in [0.25, 0.3) is 0 Å². The first kappa shape index (κ1) is 35.4. The molecule has 3 atom stereocenters. The van der Waals surface area contributed by atoms with E-state index in [0.717, 1.165) is 42.6 Å². The number of methoxy groups -OCH3 is 1. The Kier molecular flexibility index (Phi) is 11.3. The van der Waals surface area contributed by atoms with E-state index >= 15 is 0 Å². The summed E-state index contributed by atoms with van der Waals surface area (Å²) in [6.07, 6.45) is 2.66.